The highest BCUT2D eigenvalue weighted by atomic mass is 16.5. The van der Waals surface area contributed by atoms with Crippen molar-refractivity contribution in [2.75, 3.05) is 24.3 Å². The van der Waals surface area contributed by atoms with E-state index in [1.54, 1.807) is 12.4 Å². The first-order chi connectivity index (χ1) is 15.6. The molecule has 168 valence electrons. The molecular weight excluding hydrogens is 406 g/mol. The minimum absolute atomic E-state index is 0.0122. The van der Waals surface area contributed by atoms with Gasteiger partial charge in [0.2, 0.25) is 5.91 Å². The molecule has 1 amide bonds. The fourth-order valence-corrected chi connectivity index (χ4v) is 3.91. The van der Waals surface area contributed by atoms with Crippen molar-refractivity contribution in [1.82, 2.24) is 14.5 Å². The Morgan fingerprint density at radius 3 is 2.75 bits per heavy atom. The highest BCUT2D eigenvalue weighted by Gasteiger charge is 2.30. The molecule has 4 rings (SSSR count). The molecular formula is C24H29N5O3. The van der Waals surface area contributed by atoms with Gasteiger partial charge in [0.1, 0.15) is 5.65 Å². The number of amides is 1. The molecule has 8 nitrogen and oxygen atoms in total. The monoisotopic (exact) mass is 435 g/mol. The molecule has 1 aliphatic rings. The number of esters is 1. The van der Waals surface area contributed by atoms with E-state index >= 15 is 0 Å². The zero-order valence-electron chi connectivity index (χ0n) is 18.6. The average molecular weight is 436 g/mol. The van der Waals surface area contributed by atoms with Crippen molar-refractivity contribution in [2.24, 2.45) is 5.92 Å². The summed E-state index contributed by atoms with van der Waals surface area (Å²) in [6.07, 6.45) is 7.90. The molecule has 3 aromatic heterocycles. The lowest BCUT2D eigenvalue weighted by Gasteiger charge is -2.24. The predicted octanol–water partition coefficient (Wildman–Crippen LogP) is 4.02. The molecule has 0 spiro atoms. The van der Waals surface area contributed by atoms with Gasteiger partial charge >= 0.3 is 5.97 Å². The molecule has 3 aromatic rings. The minimum Gasteiger partial charge on any atom is -0.464 e. The number of ether oxygens (including phenoxy) is 1. The molecule has 2 N–H and O–H groups in total. The summed E-state index contributed by atoms with van der Waals surface area (Å²) in [6.45, 7) is 3.37. The number of hydrogen-bond acceptors (Lipinski definition) is 6. The Morgan fingerprint density at radius 1 is 1.25 bits per heavy atom. The van der Waals surface area contributed by atoms with Gasteiger partial charge in [-0.3, -0.25) is 9.78 Å². The van der Waals surface area contributed by atoms with Crippen molar-refractivity contribution in [3.8, 4) is 0 Å². The van der Waals surface area contributed by atoms with Crippen molar-refractivity contribution < 1.29 is 14.3 Å². The van der Waals surface area contributed by atoms with E-state index in [1.165, 1.54) is 7.11 Å². The van der Waals surface area contributed by atoms with Crippen LogP contribution in [0, 0.1) is 5.92 Å². The van der Waals surface area contributed by atoms with Gasteiger partial charge in [-0.1, -0.05) is 19.4 Å². The van der Waals surface area contributed by atoms with Crippen LogP contribution in [0.15, 0.2) is 36.7 Å². The van der Waals surface area contributed by atoms with Crippen LogP contribution in [-0.4, -0.2) is 40.1 Å². The smallest absolute Gasteiger partial charge is 0.356 e. The highest BCUT2D eigenvalue weighted by Crippen LogP contribution is 2.35. The summed E-state index contributed by atoms with van der Waals surface area (Å²) >= 11 is 0. The van der Waals surface area contributed by atoms with Gasteiger partial charge in [-0.25, -0.2) is 9.78 Å². The van der Waals surface area contributed by atoms with Crippen LogP contribution in [0.5, 0.6) is 0 Å². The van der Waals surface area contributed by atoms with E-state index in [9.17, 15) is 9.59 Å². The van der Waals surface area contributed by atoms with Gasteiger partial charge in [0.25, 0.3) is 0 Å². The van der Waals surface area contributed by atoms with Crippen LogP contribution in [0.25, 0.3) is 11.0 Å². The van der Waals surface area contributed by atoms with Gasteiger partial charge < -0.3 is 19.9 Å². The fraction of sp³-hybridized carbons (Fsp3) is 0.417. The van der Waals surface area contributed by atoms with E-state index in [0.717, 1.165) is 49.0 Å². The lowest BCUT2D eigenvalue weighted by molar-refractivity contribution is -0.122. The first-order valence-electron chi connectivity index (χ1n) is 11.2. The molecule has 0 atom stereocenters. The standard InChI is InChI=1S/C24H29N5O3/c1-3-11-25-18-14-19-20(28-23(30)16-7-6-8-16)21(24(31)32-2)29(22(19)27-15-18)13-10-17-9-4-5-12-26-17/h4-5,9,12,14-16,25H,3,6-8,10-11,13H2,1-2H3,(H,28,30). The molecule has 32 heavy (non-hydrogen) atoms. The lowest BCUT2D eigenvalue weighted by Crippen LogP contribution is -2.29. The summed E-state index contributed by atoms with van der Waals surface area (Å²) in [4.78, 5) is 34.7. The third-order valence-corrected chi connectivity index (χ3v) is 5.90. The number of aromatic nitrogens is 3. The van der Waals surface area contributed by atoms with Crippen molar-refractivity contribution >= 4 is 34.3 Å². The number of methoxy groups -OCH3 is 1. The number of pyridine rings is 2. The number of carbonyl (C=O) groups excluding carboxylic acids is 2. The number of anilines is 2. The van der Waals surface area contributed by atoms with Crippen LogP contribution in [0.3, 0.4) is 0 Å². The maximum atomic E-state index is 12.9. The molecule has 3 heterocycles. The minimum atomic E-state index is -0.504. The molecule has 8 heteroatoms. The van der Waals surface area contributed by atoms with Crippen LogP contribution in [0.4, 0.5) is 11.4 Å². The van der Waals surface area contributed by atoms with Crippen molar-refractivity contribution in [3.63, 3.8) is 0 Å². The molecule has 0 aromatic carbocycles. The second-order valence-electron chi connectivity index (χ2n) is 8.08. The topological polar surface area (TPSA) is 98.1 Å². The van der Waals surface area contributed by atoms with Crippen LogP contribution in [-0.2, 0) is 22.5 Å². The lowest BCUT2D eigenvalue weighted by atomic mass is 9.85. The molecule has 1 aliphatic carbocycles. The summed E-state index contributed by atoms with van der Waals surface area (Å²) in [5.74, 6) is -0.574. The molecule has 1 saturated carbocycles. The van der Waals surface area contributed by atoms with Gasteiger partial charge in [-0.2, -0.15) is 0 Å². The number of carbonyl (C=O) groups is 2. The Morgan fingerprint density at radius 2 is 2.09 bits per heavy atom. The third-order valence-electron chi connectivity index (χ3n) is 5.90. The maximum absolute atomic E-state index is 12.9. The van der Waals surface area contributed by atoms with E-state index in [0.29, 0.717) is 30.0 Å². The molecule has 1 fully saturated rings. The van der Waals surface area contributed by atoms with Gasteiger partial charge in [-0.05, 0) is 37.5 Å². The van der Waals surface area contributed by atoms with Crippen molar-refractivity contribution in [2.45, 2.75) is 45.6 Å². The highest BCUT2D eigenvalue weighted by molar-refractivity contribution is 6.11. The van der Waals surface area contributed by atoms with E-state index in [1.807, 2.05) is 28.8 Å². The van der Waals surface area contributed by atoms with Gasteiger partial charge in [0.05, 0.1) is 24.7 Å². The van der Waals surface area contributed by atoms with Gasteiger partial charge in [0.15, 0.2) is 5.69 Å². The second-order valence-corrected chi connectivity index (χ2v) is 8.08. The van der Waals surface area contributed by atoms with Crippen LogP contribution in [0.1, 0.15) is 48.8 Å². The first-order valence-corrected chi connectivity index (χ1v) is 11.2. The molecule has 0 saturated heterocycles. The third kappa shape index (κ3) is 4.44. The number of fused-ring (bicyclic) bond motifs is 1. The van der Waals surface area contributed by atoms with Crippen molar-refractivity contribution in [3.05, 3.63) is 48.0 Å². The summed E-state index contributed by atoms with van der Waals surface area (Å²) in [5.41, 5.74) is 3.17. The molecule has 0 radical (unpaired) electrons. The van der Waals surface area contributed by atoms with E-state index in [2.05, 4.69) is 27.5 Å². The Hall–Kier alpha value is -3.42. The number of hydrogen-bond donors (Lipinski definition) is 2. The molecule has 0 unspecified atom stereocenters. The molecule has 0 bridgehead atoms. The first kappa shape index (κ1) is 21.8. The number of rotatable bonds is 9. The number of aryl methyl sites for hydroxylation is 2. The summed E-state index contributed by atoms with van der Waals surface area (Å²) in [5, 5.41) is 7.08. The Bertz CT molecular complexity index is 1110. The van der Waals surface area contributed by atoms with E-state index < -0.39 is 5.97 Å². The Labute approximate surface area is 187 Å². The zero-order chi connectivity index (χ0) is 22.5. The van der Waals surface area contributed by atoms with Crippen LogP contribution >= 0.6 is 0 Å². The fourth-order valence-electron chi connectivity index (χ4n) is 3.91. The van der Waals surface area contributed by atoms with Gasteiger partial charge in [0, 0.05) is 42.7 Å². The maximum Gasteiger partial charge on any atom is 0.356 e. The van der Waals surface area contributed by atoms with Crippen LogP contribution < -0.4 is 10.6 Å². The number of nitrogens with zero attached hydrogens (tertiary/aromatic N) is 3. The Balaban J connectivity index is 1.79. The quantitative estimate of drug-likeness (QED) is 0.493. The van der Waals surface area contributed by atoms with E-state index in [-0.39, 0.29) is 11.8 Å². The van der Waals surface area contributed by atoms with Crippen LogP contribution in [0.2, 0.25) is 0 Å². The normalized spacial score (nSPS) is 13.6. The second kappa shape index (κ2) is 9.80. The predicted molar refractivity (Wildman–Crippen MR) is 124 cm³/mol. The summed E-state index contributed by atoms with van der Waals surface area (Å²) < 4.78 is 6.94. The summed E-state index contributed by atoms with van der Waals surface area (Å²) in [7, 11) is 1.35. The SMILES string of the molecule is CCCNc1cnc2c(c1)c(NC(=O)C1CCC1)c(C(=O)OC)n2CCc1ccccn1. The average Bonchev–Trinajstić information content (AvgIpc) is 3.07. The number of nitrogens with one attached hydrogen (secondary N) is 2. The zero-order valence-corrected chi connectivity index (χ0v) is 18.6. The van der Waals surface area contributed by atoms with E-state index in [4.69, 9.17) is 4.74 Å². The van der Waals surface area contributed by atoms with Crippen molar-refractivity contribution in [1.29, 1.82) is 0 Å². The molecule has 0 aliphatic heterocycles. The largest absolute Gasteiger partial charge is 0.464 e. The van der Waals surface area contributed by atoms with Gasteiger partial charge in [-0.15, -0.1) is 0 Å². The Kier molecular flexibility index (Phi) is 6.68. The summed E-state index contributed by atoms with van der Waals surface area (Å²) in [6, 6.07) is 7.70.